The van der Waals surface area contributed by atoms with Gasteiger partial charge in [-0.15, -0.1) is 0 Å². The molecule has 4 heteroatoms. The minimum atomic E-state index is -0.0396. The molecule has 50 heavy (non-hydrogen) atoms. The van der Waals surface area contributed by atoms with E-state index in [1.54, 1.807) is 0 Å². The molecule has 0 unspecified atom stereocenters. The molecule has 0 amide bonds. The van der Waals surface area contributed by atoms with E-state index in [-0.39, 0.29) is 11.9 Å². The first-order chi connectivity index (χ1) is 24.7. The summed E-state index contributed by atoms with van der Waals surface area (Å²) < 4.78 is 10.9. The van der Waals surface area contributed by atoms with E-state index in [1.807, 2.05) is 0 Å². The zero-order valence-corrected chi connectivity index (χ0v) is 33.8. The van der Waals surface area contributed by atoms with Crippen molar-refractivity contribution in [3.8, 4) is 0 Å². The Balaban J connectivity index is 3.29. The van der Waals surface area contributed by atoms with Crippen molar-refractivity contribution in [2.45, 2.75) is 245 Å². The van der Waals surface area contributed by atoms with Gasteiger partial charge in [-0.2, -0.15) is 0 Å². The van der Waals surface area contributed by atoms with Crippen LogP contribution in [0.15, 0.2) is 24.3 Å². The average Bonchev–Trinajstić information content (AvgIpc) is 3.12. The molecule has 0 aliphatic rings. The highest BCUT2D eigenvalue weighted by Gasteiger charge is 2.05. The maximum absolute atomic E-state index is 12.0. The van der Waals surface area contributed by atoms with E-state index >= 15 is 0 Å². The van der Waals surface area contributed by atoms with Gasteiger partial charge in [0.05, 0.1) is 13.2 Å². The number of allylic oxidation sites excluding steroid dienone is 4. The molecule has 0 aliphatic carbocycles. The maximum Gasteiger partial charge on any atom is 0.305 e. The summed E-state index contributed by atoms with van der Waals surface area (Å²) in [5.41, 5.74) is 0. The highest BCUT2D eigenvalue weighted by molar-refractivity contribution is 5.69. The molecule has 0 aromatic rings. The fraction of sp³-hybridized carbons (Fsp3) is 0.870. The van der Waals surface area contributed by atoms with Crippen LogP contribution in [0.5, 0.6) is 0 Å². The Labute approximate surface area is 312 Å². The van der Waals surface area contributed by atoms with E-state index < -0.39 is 0 Å². The van der Waals surface area contributed by atoms with Crippen LogP contribution in [-0.2, 0) is 19.1 Å². The van der Waals surface area contributed by atoms with Gasteiger partial charge < -0.3 is 9.47 Å². The minimum Gasteiger partial charge on any atom is -0.466 e. The standard InChI is InChI=1S/C46H86O4/c1-3-5-7-9-11-13-15-17-19-21-23-25-27-31-35-39-43-49-45(47)41-37-33-29-30-34-38-42-46(48)50-44-40-36-32-28-26-24-22-20-18-16-14-12-10-8-6-4-2/h17-20H,3-16,21-44H2,1-2H3/b19-17-,20-18+. The second-order valence-electron chi connectivity index (χ2n) is 14.9. The number of rotatable bonds is 41. The average molecular weight is 703 g/mol. The molecule has 0 atom stereocenters. The van der Waals surface area contributed by atoms with Gasteiger partial charge in [0, 0.05) is 12.8 Å². The van der Waals surface area contributed by atoms with Gasteiger partial charge in [0.25, 0.3) is 0 Å². The van der Waals surface area contributed by atoms with Crippen LogP contribution in [0, 0.1) is 0 Å². The van der Waals surface area contributed by atoms with Crippen LogP contribution in [0.3, 0.4) is 0 Å². The minimum absolute atomic E-state index is 0.0396. The first-order valence-electron chi connectivity index (χ1n) is 22.3. The number of esters is 2. The number of carbonyl (C=O) groups is 2. The second-order valence-corrected chi connectivity index (χ2v) is 14.9. The monoisotopic (exact) mass is 703 g/mol. The van der Waals surface area contributed by atoms with Crippen molar-refractivity contribution in [2.75, 3.05) is 13.2 Å². The Bertz CT molecular complexity index is 680. The van der Waals surface area contributed by atoms with Crippen molar-refractivity contribution in [2.24, 2.45) is 0 Å². The normalized spacial score (nSPS) is 11.6. The molecule has 4 nitrogen and oxygen atoms in total. The van der Waals surface area contributed by atoms with Gasteiger partial charge in [0.15, 0.2) is 0 Å². The fourth-order valence-corrected chi connectivity index (χ4v) is 6.46. The third kappa shape index (κ3) is 42.6. The fourth-order valence-electron chi connectivity index (χ4n) is 6.46. The molecule has 0 radical (unpaired) electrons. The van der Waals surface area contributed by atoms with Crippen molar-refractivity contribution in [1.29, 1.82) is 0 Å². The molecular weight excluding hydrogens is 617 g/mol. The van der Waals surface area contributed by atoms with Crippen LogP contribution in [0.4, 0.5) is 0 Å². The molecule has 0 N–H and O–H groups in total. The van der Waals surface area contributed by atoms with Crippen LogP contribution in [0.1, 0.15) is 245 Å². The molecule has 0 aromatic carbocycles. The number of hydrogen-bond acceptors (Lipinski definition) is 4. The second kappa shape index (κ2) is 43.6. The largest absolute Gasteiger partial charge is 0.466 e. The SMILES string of the molecule is CCCCCCCC/C=C\CCCCCCCCOC(=O)CCCCCCCCC(=O)OCCCCCCCC/C=C/CCCCCCCC. The lowest BCUT2D eigenvalue weighted by atomic mass is 10.1. The molecule has 0 spiro atoms. The lowest BCUT2D eigenvalue weighted by Gasteiger charge is -2.06. The van der Waals surface area contributed by atoms with Crippen molar-refractivity contribution < 1.29 is 19.1 Å². The maximum atomic E-state index is 12.0. The van der Waals surface area contributed by atoms with E-state index in [4.69, 9.17) is 9.47 Å². The Hall–Kier alpha value is -1.58. The molecule has 0 heterocycles. The van der Waals surface area contributed by atoms with Gasteiger partial charge in [0.1, 0.15) is 0 Å². The lowest BCUT2D eigenvalue weighted by Crippen LogP contribution is -2.06. The highest BCUT2D eigenvalue weighted by Crippen LogP contribution is 2.13. The summed E-state index contributed by atoms with van der Waals surface area (Å²) in [5, 5.41) is 0. The molecule has 294 valence electrons. The molecule has 0 fully saturated rings. The summed E-state index contributed by atoms with van der Waals surface area (Å²) >= 11 is 0. The van der Waals surface area contributed by atoms with Gasteiger partial charge in [-0.05, 0) is 77.0 Å². The Morgan fingerprint density at radius 3 is 0.860 bits per heavy atom. The first kappa shape index (κ1) is 48.4. The van der Waals surface area contributed by atoms with Gasteiger partial charge in [-0.3, -0.25) is 9.59 Å². The van der Waals surface area contributed by atoms with Crippen molar-refractivity contribution in [3.05, 3.63) is 24.3 Å². The predicted molar refractivity (Wildman–Crippen MR) is 218 cm³/mol. The smallest absolute Gasteiger partial charge is 0.305 e. The van der Waals surface area contributed by atoms with Crippen LogP contribution in [-0.4, -0.2) is 25.2 Å². The van der Waals surface area contributed by atoms with E-state index in [2.05, 4.69) is 38.2 Å². The van der Waals surface area contributed by atoms with Crippen LogP contribution in [0.25, 0.3) is 0 Å². The molecule has 0 saturated heterocycles. The van der Waals surface area contributed by atoms with Gasteiger partial charge >= 0.3 is 11.9 Å². The van der Waals surface area contributed by atoms with Crippen LogP contribution in [0.2, 0.25) is 0 Å². The zero-order chi connectivity index (χ0) is 36.3. The predicted octanol–water partition coefficient (Wildman–Crippen LogP) is 15.3. The highest BCUT2D eigenvalue weighted by atomic mass is 16.5. The molecule has 0 bridgehead atoms. The number of ether oxygens (including phenoxy) is 2. The Morgan fingerprint density at radius 2 is 0.560 bits per heavy atom. The number of carbonyl (C=O) groups excluding carboxylic acids is 2. The van der Waals surface area contributed by atoms with Gasteiger partial charge in [-0.1, -0.05) is 179 Å². The third-order valence-corrected chi connectivity index (χ3v) is 9.85. The van der Waals surface area contributed by atoms with Crippen LogP contribution >= 0.6 is 0 Å². The summed E-state index contributed by atoms with van der Waals surface area (Å²) in [4.78, 5) is 24.0. The molecule has 0 aromatic heterocycles. The summed E-state index contributed by atoms with van der Waals surface area (Å²) in [6, 6.07) is 0. The zero-order valence-electron chi connectivity index (χ0n) is 33.8. The van der Waals surface area contributed by atoms with Crippen molar-refractivity contribution in [3.63, 3.8) is 0 Å². The molecule has 0 aliphatic heterocycles. The number of hydrogen-bond donors (Lipinski definition) is 0. The lowest BCUT2D eigenvalue weighted by molar-refractivity contribution is -0.144. The summed E-state index contributed by atoms with van der Waals surface area (Å²) in [6.07, 6.45) is 52.9. The molecule has 0 saturated carbocycles. The Kier molecular flexibility index (Phi) is 42.2. The van der Waals surface area contributed by atoms with Gasteiger partial charge in [0.2, 0.25) is 0 Å². The van der Waals surface area contributed by atoms with Crippen molar-refractivity contribution >= 4 is 11.9 Å². The van der Waals surface area contributed by atoms with E-state index in [0.29, 0.717) is 26.1 Å². The van der Waals surface area contributed by atoms with Crippen molar-refractivity contribution in [1.82, 2.24) is 0 Å². The topological polar surface area (TPSA) is 52.6 Å². The quantitative estimate of drug-likeness (QED) is 0.0361. The van der Waals surface area contributed by atoms with E-state index in [0.717, 1.165) is 64.2 Å². The summed E-state index contributed by atoms with van der Waals surface area (Å²) in [6.45, 7) is 5.70. The first-order valence-corrected chi connectivity index (χ1v) is 22.3. The van der Waals surface area contributed by atoms with Crippen LogP contribution < -0.4 is 0 Å². The summed E-state index contributed by atoms with van der Waals surface area (Å²) in [7, 11) is 0. The number of unbranched alkanes of at least 4 members (excludes halogenated alkanes) is 29. The van der Waals surface area contributed by atoms with E-state index in [1.165, 1.54) is 154 Å². The van der Waals surface area contributed by atoms with E-state index in [9.17, 15) is 9.59 Å². The molecule has 0 rings (SSSR count). The summed E-state index contributed by atoms with van der Waals surface area (Å²) in [5.74, 6) is -0.0791. The Morgan fingerprint density at radius 1 is 0.320 bits per heavy atom. The van der Waals surface area contributed by atoms with Gasteiger partial charge in [-0.25, -0.2) is 0 Å². The molecular formula is C46H86O4. The third-order valence-electron chi connectivity index (χ3n) is 9.85.